The number of benzene rings is 2. The second-order valence-corrected chi connectivity index (χ2v) is 6.33. The molecule has 9 heteroatoms. The third-order valence-corrected chi connectivity index (χ3v) is 4.54. The van der Waals surface area contributed by atoms with Crippen LogP contribution in [0.3, 0.4) is 0 Å². The normalized spacial score (nSPS) is 13.3. The Morgan fingerprint density at radius 2 is 2.03 bits per heavy atom. The minimum absolute atomic E-state index is 0.0274. The van der Waals surface area contributed by atoms with Crippen LogP contribution in [0.5, 0.6) is 11.5 Å². The number of nitro benzene ring substituents is 1. The average molecular weight is 399 g/mol. The van der Waals surface area contributed by atoms with Gasteiger partial charge in [0.15, 0.2) is 11.5 Å². The highest BCUT2D eigenvalue weighted by molar-refractivity contribution is 6.10. The number of nitrogens with zero attached hydrogens (tertiary/aromatic N) is 2. The maximum Gasteiger partial charge on any atom is 0.286 e. The number of carbonyl (C=O) groups excluding carboxylic acids is 2. The zero-order valence-electron chi connectivity index (χ0n) is 16.1. The predicted octanol–water partition coefficient (Wildman–Crippen LogP) is 3.38. The highest BCUT2D eigenvalue weighted by Gasteiger charge is 2.27. The van der Waals surface area contributed by atoms with Gasteiger partial charge in [-0.05, 0) is 25.5 Å². The van der Waals surface area contributed by atoms with Crippen molar-refractivity contribution in [3.05, 3.63) is 52.1 Å². The Labute approximate surface area is 167 Å². The van der Waals surface area contributed by atoms with Crippen molar-refractivity contribution < 1.29 is 24.0 Å². The Morgan fingerprint density at radius 3 is 2.66 bits per heavy atom. The van der Waals surface area contributed by atoms with Gasteiger partial charge in [0.1, 0.15) is 5.56 Å². The molecule has 152 valence electrons. The van der Waals surface area contributed by atoms with Gasteiger partial charge in [0, 0.05) is 19.0 Å². The summed E-state index contributed by atoms with van der Waals surface area (Å²) in [5.74, 6) is -0.315. The van der Waals surface area contributed by atoms with E-state index in [0.717, 1.165) is 6.42 Å². The summed E-state index contributed by atoms with van der Waals surface area (Å²) in [6.07, 6.45) is 1.19. The first kappa shape index (κ1) is 20.1. The van der Waals surface area contributed by atoms with Gasteiger partial charge >= 0.3 is 0 Å². The van der Waals surface area contributed by atoms with Crippen LogP contribution in [0.25, 0.3) is 0 Å². The van der Waals surface area contributed by atoms with Gasteiger partial charge in [0.25, 0.3) is 11.6 Å². The van der Waals surface area contributed by atoms with Gasteiger partial charge in [-0.1, -0.05) is 12.1 Å². The molecule has 1 N–H and O–H groups in total. The number of nitro groups is 1. The molecule has 2 aromatic carbocycles. The first-order valence-corrected chi connectivity index (χ1v) is 9.16. The standard InChI is InChI=1S/C20H21N3O6/c1-3-29-18-12-16(23(26)27)13(11-17(18)28-2)20(25)21-14-7-4-5-8-15(14)22-10-6-9-19(22)24/h4-5,7-8,11-12H,3,6,9-10H2,1-2H3,(H,21,25). The fraction of sp³-hybridized carbons (Fsp3) is 0.300. The molecule has 9 nitrogen and oxygen atoms in total. The molecular formula is C20H21N3O6. The molecule has 0 radical (unpaired) electrons. The van der Waals surface area contributed by atoms with Gasteiger partial charge in [-0.2, -0.15) is 0 Å². The Morgan fingerprint density at radius 1 is 1.28 bits per heavy atom. The molecule has 2 aromatic rings. The molecule has 1 fully saturated rings. The number of hydrogen-bond donors (Lipinski definition) is 1. The summed E-state index contributed by atoms with van der Waals surface area (Å²) in [6, 6.07) is 9.31. The Kier molecular flexibility index (Phi) is 5.96. The van der Waals surface area contributed by atoms with Crippen LogP contribution in [-0.2, 0) is 4.79 Å². The Balaban J connectivity index is 1.98. The maximum absolute atomic E-state index is 12.9. The molecule has 0 aromatic heterocycles. The maximum atomic E-state index is 12.9. The molecule has 0 saturated carbocycles. The van der Waals surface area contributed by atoms with E-state index in [4.69, 9.17) is 9.47 Å². The van der Waals surface area contributed by atoms with E-state index in [9.17, 15) is 19.7 Å². The summed E-state index contributed by atoms with van der Waals surface area (Å²) >= 11 is 0. The molecule has 1 aliphatic heterocycles. The number of carbonyl (C=O) groups is 2. The molecule has 29 heavy (non-hydrogen) atoms. The summed E-state index contributed by atoms with van der Waals surface area (Å²) in [4.78, 5) is 37.5. The number of methoxy groups -OCH3 is 1. The van der Waals surface area contributed by atoms with E-state index in [0.29, 0.717) is 24.3 Å². The lowest BCUT2D eigenvalue weighted by molar-refractivity contribution is -0.385. The van der Waals surface area contributed by atoms with Gasteiger partial charge in [-0.3, -0.25) is 19.7 Å². The molecule has 0 unspecified atom stereocenters. The van der Waals surface area contributed by atoms with Crippen molar-refractivity contribution >= 4 is 28.9 Å². The second-order valence-electron chi connectivity index (χ2n) is 6.33. The lowest BCUT2D eigenvalue weighted by Gasteiger charge is -2.20. The van der Waals surface area contributed by atoms with E-state index in [2.05, 4.69) is 5.32 Å². The molecule has 0 spiro atoms. The van der Waals surface area contributed by atoms with Crippen LogP contribution in [0.1, 0.15) is 30.1 Å². The summed E-state index contributed by atoms with van der Waals surface area (Å²) in [5.41, 5.74) is 0.387. The van der Waals surface area contributed by atoms with Crippen LogP contribution in [0.2, 0.25) is 0 Å². The quantitative estimate of drug-likeness (QED) is 0.564. The number of nitrogens with one attached hydrogen (secondary N) is 1. The third-order valence-electron chi connectivity index (χ3n) is 4.54. The summed E-state index contributed by atoms with van der Waals surface area (Å²) in [6.45, 7) is 2.58. The number of anilines is 2. The molecule has 0 bridgehead atoms. The molecule has 1 heterocycles. The summed E-state index contributed by atoms with van der Waals surface area (Å²) < 4.78 is 10.6. The van der Waals surface area contributed by atoms with Crippen LogP contribution < -0.4 is 19.7 Å². The van der Waals surface area contributed by atoms with Gasteiger partial charge in [-0.15, -0.1) is 0 Å². The number of para-hydroxylation sites is 2. The van der Waals surface area contributed by atoms with Crippen molar-refractivity contribution in [3.63, 3.8) is 0 Å². The Hall–Kier alpha value is -3.62. The van der Waals surface area contributed by atoms with Crippen LogP contribution in [0.15, 0.2) is 36.4 Å². The molecule has 1 aliphatic rings. The number of amides is 2. The van der Waals surface area contributed by atoms with Crippen LogP contribution in [-0.4, -0.2) is 37.0 Å². The molecule has 1 saturated heterocycles. The molecule has 0 atom stereocenters. The fourth-order valence-electron chi connectivity index (χ4n) is 3.22. The van der Waals surface area contributed by atoms with Gasteiger partial charge < -0.3 is 19.7 Å². The van der Waals surface area contributed by atoms with Crippen molar-refractivity contribution in [3.8, 4) is 11.5 Å². The fourth-order valence-corrected chi connectivity index (χ4v) is 3.22. The summed E-state index contributed by atoms with van der Waals surface area (Å²) in [5, 5.41) is 14.2. The highest BCUT2D eigenvalue weighted by Crippen LogP contribution is 2.36. The zero-order chi connectivity index (χ0) is 21.0. The lowest BCUT2D eigenvalue weighted by atomic mass is 10.1. The van der Waals surface area contributed by atoms with Gasteiger partial charge in [0.05, 0.1) is 36.1 Å². The molecule has 0 aliphatic carbocycles. The van der Waals surface area contributed by atoms with Crippen LogP contribution in [0.4, 0.5) is 17.1 Å². The minimum Gasteiger partial charge on any atom is -0.493 e. The molecular weight excluding hydrogens is 378 g/mol. The number of ether oxygens (including phenoxy) is 2. The van der Waals surface area contributed by atoms with Gasteiger partial charge in [0.2, 0.25) is 5.91 Å². The summed E-state index contributed by atoms with van der Waals surface area (Å²) in [7, 11) is 1.39. The van der Waals surface area contributed by atoms with E-state index >= 15 is 0 Å². The third kappa shape index (κ3) is 4.13. The van der Waals surface area contributed by atoms with E-state index in [1.807, 2.05) is 0 Å². The monoisotopic (exact) mass is 399 g/mol. The van der Waals surface area contributed by atoms with E-state index < -0.39 is 16.5 Å². The van der Waals surface area contributed by atoms with Crippen molar-refractivity contribution in [2.24, 2.45) is 0 Å². The number of hydrogen-bond acceptors (Lipinski definition) is 6. The van der Waals surface area contributed by atoms with Gasteiger partial charge in [-0.25, -0.2) is 0 Å². The smallest absolute Gasteiger partial charge is 0.286 e. The molecule has 2 amide bonds. The predicted molar refractivity (Wildman–Crippen MR) is 107 cm³/mol. The van der Waals surface area contributed by atoms with Crippen molar-refractivity contribution in [1.29, 1.82) is 0 Å². The first-order valence-electron chi connectivity index (χ1n) is 9.16. The number of rotatable bonds is 7. The van der Waals surface area contributed by atoms with E-state index in [-0.39, 0.29) is 29.6 Å². The Bertz CT molecular complexity index is 959. The van der Waals surface area contributed by atoms with Crippen LogP contribution in [0, 0.1) is 10.1 Å². The minimum atomic E-state index is -0.683. The van der Waals surface area contributed by atoms with E-state index in [1.54, 1.807) is 36.1 Å². The molecule has 3 rings (SSSR count). The van der Waals surface area contributed by atoms with E-state index in [1.165, 1.54) is 19.2 Å². The zero-order valence-corrected chi connectivity index (χ0v) is 16.1. The van der Waals surface area contributed by atoms with Crippen molar-refractivity contribution in [2.75, 3.05) is 30.5 Å². The lowest BCUT2D eigenvalue weighted by Crippen LogP contribution is -2.25. The first-order chi connectivity index (χ1) is 14.0. The highest BCUT2D eigenvalue weighted by atomic mass is 16.6. The van der Waals surface area contributed by atoms with Crippen molar-refractivity contribution in [1.82, 2.24) is 0 Å². The largest absolute Gasteiger partial charge is 0.493 e. The second kappa shape index (κ2) is 8.59. The SMILES string of the molecule is CCOc1cc([N+](=O)[O-])c(C(=O)Nc2ccccc2N2CCCC2=O)cc1OC. The topological polar surface area (TPSA) is 111 Å². The van der Waals surface area contributed by atoms with Crippen LogP contribution >= 0.6 is 0 Å². The average Bonchev–Trinajstić information content (AvgIpc) is 3.13. The van der Waals surface area contributed by atoms with Crippen molar-refractivity contribution in [2.45, 2.75) is 19.8 Å².